The number of aromatic nitrogens is 1. The molecule has 1 amide bonds. The molecular formula is C20H25N3OS2. The molecule has 0 unspecified atom stereocenters. The van der Waals surface area contributed by atoms with Gasteiger partial charge in [-0.05, 0) is 62.4 Å². The van der Waals surface area contributed by atoms with Crippen LogP contribution in [-0.4, -0.2) is 46.4 Å². The van der Waals surface area contributed by atoms with E-state index in [1.807, 2.05) is 35.2 Å². The highest BCUT2D eigenvalue weighted by Gasteiger charge is 2.29. The molecule has 4 rings (SSSR count). The van der Waals surface area contributed by atoms with Crippen LogP contribution in [0.3, 0.4) is 0 Å². The van der Waals surface area contributed by atoms with Crippen LogP contribution in [0.5, 0.6) is 0 Å². The van der Waals surface area contributed by atoms with Crippen molar-refractivity contribution in [2.24, 2.45) is 5.92 Å². The first-order valence-electron chi connectivity index (χ1n) is 9.41. The molecule has 26 heavy (non-hydrogen) atoms. The molecule has 1 aromatic heterocycles. The molecule has 4 nitrogen and oxygen atoms in total. The van der Waals surface area contributed by atoms with Crippen LogP contribution in [-0.2, 0) is 4.79 Å². The minimum atomic E-state index is 0.132. The lowest BCUT2D eigenvalue weighted by atomic mass is 9.93. The number of piperidine rings is 1. The van der Waals surface area contributed by atoms with Crippen LogP contribution in [0.15, 0.2) is 35.2 Å². The summed E-state index contributed by atoms with van der Waals surface area (Å²) in [5.41, 5.74) is 4.71. The van der Waals surface area contributed by atoms with Gasteiger partial charge >= 0.3 is 0 Å². The highest BCUT2D eigenvalue weighted by Crippen LogP contribution is 2.28. The van der Waals surface area contributed by atoms with Gasteiger partial charge in [-0.1, -0.05) is 12.1 Å². The van der Waals surface area contributed by atoms with Gasteiger partial charge < -0.3 is 10.2 Å². The number of hydrogen-bond acceptors (Lipinski definition) is 5. The van der Waals surface area contributed by atoms with Gasteiger partial charge in [0.05, 0.1) is 11.2 Å². The lowest BCUT2D eigenvalue weighted by Crippen LogP contribution is -2.45. The van der Waals surface area contributed by atoms with Gasteiger partial charge in [-0.2, -0.15) is 11.8 Å². The molecule has 0 bridgehead atoms. The van der Waals surface area contributed by atoms with E-state index in [0.717, 1.165) is 48.9 Å². The van der Waals surface area contributed by atoms with Crippen LogP contribution in [0.4, 0.5) is 5.69 Å². The van der Waals surface area contributed by atoms with E-state index in [1.165, 1.54) is 24.3 Å². The predicted octanol–water partition coefficient (Wildman–Crippen LogP) is 4.36. The van der Waals surface area contributed by atoms with Crippen molar-refractivity contribution in [2.75, 3.05) is 29.9 Å². The smallest absolute Gasteiger partial charge is 0.227 e. The standard InChI is InChI=1S/C20H25N3OS2/c24-20(15-4-8-23(9-5-15)18-6-10-25-11-7-18)22-17-3-1-2-16(12-17)19-13-26-14-21-19/h1-3,12-15,18H,4-11H2,(H,22,24). The number of likely N-dealkylation sites (tertiary alicyclic amines) is 1. The highest BCUT2D eigenvalue weighted by molar-refractivity contribution is 7.99. The second kappa shape index (κ2) is 8.55. The first-order valence-corrected chi connectivity index (χ1v) is 11.5. The molecule has 2 aromatic rings. The number of thiazole rings is 1. The predicted molar refractivity (Wildman–Crippen MR) is 111 cm³/mol. The Kier molecular flexibility index (Phi) is 5.92. The Hall–Kier alpha value is -1.37. The zero-order valence-electron chi connectivity index (χ0n) is 14.9. The average Bonchev–Trinajstić information content (AvgIpc) is 3.24. The minimum Gasteiger partial charge on any atom is -0.326 e. The van der Waals surface area contributed by atoms with Crippen molar-refractivity contribution >= 4 is 34.7 Å². The Balaban J connectivity index is 1.32. The first-order chi connectivity index (χ1) is 12.8. The minimum absolute atomic E-state index is 0.132. The molecule has 6 heteroatoms. The fourth-order valence-electron chi connectivity index (χ4n) is 3.93. The van der Waals surface area contributed by atoms with Crippen LogP contribution in [0.2, 0.25) is 0 Å². The molecule has 0 spiro atoms. The lowest BCUT2D eigenvalue weighted by Gasteiger charge is -2.38. The Morgan fingerprint density at radius 3 is 2.69 bits per heavy atom. The molecule has 1 N–H and O–H groups in total. The van der Waals surface area contributed by atoms with Crippen LogP contribution >= 0.6 is 23.1 Å². The maximum Gasteiger partial charge on any atom is 0.227 e. The number of benzene rings is 1. The van der Waals surface area contributed by atoms with Gasteiger partial charge in [0.1, 0.15) is 0 Å². The third-order valence-electron chi connectivity index (χ3n) is 5.47. The quantitative estimate of drug-likeness (QED) is 0.847. The van der Waals surface area contributed by atoms with Crippen molar-refractivity contribution in [3.63, 3.8) is 0 Å². The zero-order valence-corrected chi connectivity index (χ0v) is 16.5. The van der Waals surface area contributed by atoms with Gasteiger partial charge in [-0.25, -0.2) is 4.98 Å². The molecule has 0 atom stereocenters. The Bertz CT molecular complexity index is 720. The number of anilines is 1. The number of carbonyl (C=O) groups is 1. The van der Waals surface area contributed by atoms with Crippen LogP contribution in [0.1, 0.15) is 25.7 Å². The number of thioether (sulfide) groups is 1. The number of hydrogen-bond donors (Lipinski definition) is 1. The van der Waals surface area contributed by atoms with Gasteiger partial charge in [0.2, 0.25) is 5.91 Å². The van der Waals surface area contributed by atoms with E-state index in [2.05, 4.69) is 27.0 Å². The second-order valence-corrected chi connectivity index (χ2v) is 9.04. The van der Waals surface area contributed by atoms with Gasteiger partial charge in [0.25, 0.3) is 0 Å². The molecule has 3 heterocycles. The summed E-state index contributed by atoms with van der Waals surface area (Å²) in [5.74, 6) is 2.88. The summed E-state index contributed by atoms with van der Waals surface area (Å²) in [6.45, 7) is 2.12. The van der Waals surface area contributed by atoms with E-state index >= 15 is 0 Å². The maximum absolute atomic E-state index is 12.7. The molecule has 2 fully saturated rings. The summed E-state index contributed by atoms with van der Waals surface area (Å²) in [6, 6.07) is 8.74. The zero-order chi connectivity index (χ0) is 17.8. The number of carbonyl (C=O) groups excluding carboxylic acids is 1. The molecule has 2 aliphatic heterocycles. The van der Waals surface area contributed by atoms with E-state index in [9.17, 15) is 4.79 Å². The highest BCUT2D eigenvalue weighted by atomic mass is 32.2. The number of amides is 1. The van der Waals surface area contributed by atoms with Gasteiger partial charge in [-0.15, -0.1) is 11.3 Å². The SMILES string of the molecule is O=C(Nc1cccc(-c2cscn2)c1)C1CCN(C2CCSCC2)CC1. The van der Waals surface area contributed by atoms with Crippen LogP contribution < -0.4 is 5.32 Å². The molecule has 1 aromatic carbocycles. The van der Waals surface area contributed by atoms with E-state index < -0.39 is 0 Å². The maximum atomic E-state index is 12.7. The summed E-state index contributed by atoms with van der Waals surface area (Å²) in [6.07, 6.45) is 4.57. The van der Waals surface area contributed by atoms with Crippen molar-refractivity contribution in [1.82, 2.24) is 9.88 Å². The third-order valence-corrected chi connectivity index (χ3v) is 7.10. The Morgan fingerprint density at radius 2 is 1.96 bits per heavy atom. The summed E-state index contributed by atoms with van der Waals surface area (Å²) >= 11 is 3.66. The van der Waals surface area contributed by atoms with Crippen LogP contribution in [0, 0.1) is 5.92 Å². The normalized spacial score (nSPS) is 20.2. The fraction of sp³-hybridized carbons (Fsp3) is 0.500. The molecule has 138 valence electrons. The molecule has 0 aliphatic carbocycles. The molecule has 2 saturated heterocycles. The average molecular weight is 388 g/mol. The molecular weight excluding hydrogens is 362 g/mol. The van der Waals surface area contributed by atoms with E-state index in [1.54, 1.807) is 11.3 Å². The third kappa shape index (κ3) is 4.30. The topological polar surface area (TPSA) is 45.2 Å². The van der Waals surface area contributed by atoms with Gasteiger partial charge in [-0.3, -0.25) is 4.79 Å². The lowest BCUT2D eigenvalue weighted by molar-refractivity contribution is -0.121. The van der Waals surface area contributed by atoms with Gasteiger partial charge in [0.15, 0.2) is 0 Å². The Labute approximate surface area is 163 Å². The largest absolute Gasteiger partial charge is 0.326 e. The van der Waals surface area contributed by atoms with Crippen molar-refractivity contribution in [3.05, 3.63) is 35.2 Å². The fourth-order valence-corrected chi connectivity index (χ4v) is 5.58. The molecule has 0 saturated carbocycles. The summed E-state index contributed by atoms with van der Waals surface area (Å²) in [5, 5.41) is 5.15. The molecule has 0 radical (unpaired) electrons. The van der Waals surface area contributed by atoms with Crippen LogP contribution in [0.25, 0.3) is 11.3 Å². The summed E-state index contributed by atoms with van der Waals surface area (Å²) in [7, 11) is 0. The van der Waals surface area contributed by atoms with Crippen molar-refractivity contribution < 1.29 is 4.79 Å². The van der Waals surface area contributed by atoms with Crippen molar-refractivity contribution in [2.45, 2.75) is 31.7 Å². The second-order valence-electron chi connectivity index (χ2n) is 7.10. The van der Waals surface area contributed by atoms with E-state index in [0.29, 0.717) is 0 Å². The first kappa shape index (κ1) is 18.0. The number of nitrogens with one attached hydrogen (secondary N) is 1. The molecule has 2 aliphatic rings. The summed E-state index contributed by atoms with van der Waals surface area (Å²) in [4.78, 5) is 19.7. The van der Waals surface area contributed by atoms with E-state index in [-0.39, 0.29) is 11.8 Å². The Morgan fingerprint density at radius 1 is 1.15 bits per heavy atom. The monoisotopic (exact) mass is 387 g/mol. The number of nitrogens with zero attached hydrogens (tertiary/aromatic N) is 2. The van der Waals surface area contributed by atoms with Crippen molar-refractivity contribution in [1.29, 1.82) is 0 Å². The summed E-state index contributed by atoms with van der Waals surface area (Å²) < 4.78 is 0. The van der Waals surface area contributed by atoms with Crippen molar-refractivity contribution in [3.8, 4) is 11.3 Å². The number of rotatable bonds is 4. The van der Waals surface area contributed by atoms with E-state index in [4.69, 9.17) is 0 Å². The van der Waals surface area contributed by atoms with Gasteiger partial charge in [0, 0.05) is 28.6 Å².